The van der Waals surface area contributed by atoms with Gasteiger partial charge >= 0.3 is 0 Å². The molecule has 1 saturated carbocycles. The minimum atomic E-state index is -0.795. The van der Waals surface area contributed by atoms with Crippen LogP contribution in [0.2, 0.25) is 0 Å². The van der Waals surface area contributed by atoms with Crippen LogP contribution < -0.4 is 5.43 Å². The summed E-state index contributed by atoms with van der Waals surface area (Å²) in [4.78, 5) is 25.0. The Morgan fingerprint density at radius 2 is 2.27 bits per heavy atom. The summed E-state index contributed by atoms with van der Waals surface area (Å²) in [6, 6.07) is 0. The molecule has 15 heavy (non-hydrogen) atoms. The van der Waals surface area contributed by atoms with E-state index in [-0.39, 0.29) is 5.92 Å². The first-order valence-corrected chi connectivity index (χ1v) is 4.98. The summed E-state index contributed by atoms with van der Waals surface area (Å²) >= 11 is 0. The molecule has 4 heteroatoms. The molecule has 1 fully saturated rings. The van der Waals surface area contributed by atoms with E-state index in [0.717, 1.165) is 25.3 Å². The van der Waals surface area contributed by atoms with Crippen molar-refractivity contribution in [1.29, 1.82) is 0 Å². The summed E-state index contributed by atoms with van der Waals surface area (Å²) in [5.74, 6) is -0.752. The van der Waals surface area contributed by atoms with E-state index in [9.17, 15) is 14.0 Å². The van der Waals surface area contributed by atoms with Crippen molar-refractivity contribution in [2.45, 2.75) is 25.7 Å². The van der Waals surface area contributed by atoms with Crippen molar-refractivity contribution >= 4 is 6.29 Å². The lowest BCUT2D eigenvalue weighted by Gasteiger charge is -2.11. The molecule has 3 nitrogen and oxygen atoms in total. The van der Waals surface area contributed by atoms with Crippen molar-refractivity contribution in [3.63, 3.8) is 0 Å². The van der Waals surface area contributed by atoms with E-state index in [4.69, 9.17) is 0 Å². The molecule has 0 spiro atoms. The Bertz CT molecular complexity index is 448. The van der Waals surface area contributed by atoms with Gasteiger partial charge in [0.15, 0.2) is 5.82 Å². The maximum atomic E-state index is 12.9. The van der Waals surface area contributed by atoms with Gasteiger partial charge in [-0.15, -0.1) is 0 Å². The zero-order valence-electron chi connectivity index (χ0n) is 8.42. The van der Waals surface area contributed by atoms with E-state index in [1.165, 1.54) is 0 Å². The maximum Gasteiger partial charge on any atom is 0.220 e. The monoisotopic (exact) mass is 209 g/mol. The van der Waals surface area contributed by atoms with Crippen LogP contribution in [-0.4, -0.2) is 11.3 Å². The topological polar surface area (TPSA) is 49.9 Å². The van der Waals surface area contributed by atoms with E-state index < -0.39 is 11.2 Å². The molecule has 1 atom stereocenters. The van der Waals surface area contributed by atoms with E-state index in [2.05, 4.69) is 4.98 Å². The van der Waals surface area contributed by atoms with Crippen LogP contribution in [0.5, 0.6) is 0 Å². The summed E-state index contributed by atoms with van der Waals surface area (Å²) in [7, 11) is 0. The van der Waals surface area contributed by atoms with Crippen molar-refractivity contribution in [3.8, 4) is 0 Å². The van der Waals surface area contributed by atoms with Crippen LogP contribution in [0.1, 0.15) is 30.0 Å². The van der Waals surface area contributed by atoms with Crippen LogP contribution in [0.3, 0.4) is 0 Å². The summed E-state index contributed by atoms with van der Waals surface area (Å²) in [5, 5.41) is 0. The Labute approximate surface area is 86.3 Å². The zero-order chi connectivity index (χ0) is 11.0. The van der Waals surface area contributed by atoms with Crippen LogP contribution in [-0.2, 0) is 4.79 Å². The van der Waals surface area contributed by atoms with Gasteiger partial charge in [0.05, 0.1) is 5.92 Å². The van der Waals surface area contributed by atoms with Gasteiger partial charge in [-0.1, -0.05) is 0 Å². The molecule has 1 unspecified atom stereocenters. The zero-order valence-corrected chi connectivity index (χ0v) is 8.42. The van der Waals surface area contributed by atoms with Crippen molar-refractivity contribution in [2.24, 2.45) is 5.92 Å². The number of aromatic nitrogens is 1. The average Bonchev–Trinajstić information content (AvgIpc) is 3.03. The number of rotatable bonds is 3. The molecule has 1 heterocycles. The van der Waals surface area contributed by atoms with Crippen LogP contribution in [0.4, 0.5) is 4.39 Å². The number of aromatic amines is 1. The fourth-order valence-corrected chi connectivity index (χ4v) is 1.83. The summed E-state index contributed by atoms with van der Waals surface area (Å²) in [5.41, 5.74) is 0.272. The predicted molar refractivity (Wildman–Crippen MR) is 53.3 cm³/mol. The van der Waals surface area contributed by atoms with E-state index in [0.29, 0.717) is 17.2 Å². The SMILES string of the molecule is Cc1c(C(C=O)C2CC2)[nH]cc(F)c1=O. The third kappa shape index (κ3) is 1.71. The quantitative estimate of drug-likeness (QED) is 0.767. The molecular formula is C11H12FNO2. The smallest absolute Gasteiger partial charge is 0.220 e. The number of carbonyl (C=O) groups is 1. The fraction of sp³-hybridized carbons (Fsp3) is 0.455. The molecule has 1 aliphatic rings. The Balaban J connectivity index is 2.47. The average molecular weight is 209 g/mol. The number of carbonyl (C=O) groups excluding carboxylic acids is 1. The molecular weight excluding hydrogens is 197 g/mol. The Morgan fingerprint density at radius 1 is 1.60 bits per heavy atom. The van der Waals surface area contributed by atoms with E-state index in [1.54, 1.807) is 6.92 Å². The molecule has 0 saturated heterocycles. The van der Waals surface area contributed by atoms with Gasteiger partial charge in [0, 0.05) is 17.5 Å². The maximum absolute atomic E-state index is 12.9. The minimum Gasteiger partial charge on any atom is -0.361 e. The van der Waals surface area contributed by atoms with Gasteiger partial charge < -0.3 is 9.78 Å². The second-order valence-electron chi connectivity index (χ2n) is 4.00. The predicted octanol–water partition coefficient (Wildman–Crippen LogP) is 1.51. The molecule has 1 aromatic rings. The Hall–Kier alpha value is -1.45. The van der Waals surface area contributed by atoms with Gasteiger partial charge in [-0.3, -0.25) is 4.79 Å². The number of aldehydes is 1. The van der Waals surface area contributed by atoms with Crippen molar-refractivity contribution in [3.05, 3.63) is 33.5 Å². The third-order valence-electron chi connectivity index (χ3n) is 2.93. The van der Waals surface area contributed by atoms with E-state index in [1.807, 2.05) is 0 Å². The van der Waals surface area contributed by atoms with Crippen molar-refractivity contribution in [2.75, 3.05) is 0 Å². The largest absolute Gasteiger partial charge is 0.361 e. The molecule has 1 N–H and O–H groups in total. The summed E-state index contributed by atoms with van der Waals surface area (Å²) < 4.78 is 12.9. The summed E-state index contributed by atoms with van der Waals surface area (Å²) in [6.45, 7) is 1.55. The highest BCUT2D eigenvalue weighted by molar-refractivity contribution is 5.63. The van der Waals surface area contributed by atoms with E-state index >= 15 is 0 Å². The lowest BCUT2D eigenvalue weighted by atomic mass is 9.97. The minimum absolute atomic E-state index is 0.279. The van der Waals surface area contributed by atoms with Gasteiger partial charge in [0.2, 0.25) is 5.43 Å². The number of nitrogens with one attached hydrogen (secondary N) is 1. The standard InChI is InChI=1S/C11H12FNO2/c1-6-10(8(5-14)7-2-3-7)13-4-9(12)11(6)15/h4-5,7-8H,2-3H2,1H3,(H,13,15). The number of pyridine rings is 1. The molecule has 0 amide bonds. The lowest BCUT2D eigenvalue weighted by molar-refractivity contribution is -0.109. The molecule has 0 aromatic carbocycles. The Kier molecular flexibility index (Phi) is 2.42. The molecule has 0 radical (unpaired) electrons. The van der Waals surface area contributed by atoms with Gasteiger partial charge in [-0.2, -0.15) is 0 Å². The summed E-state index contributed by atoms with van der Waals surface area (Å²) in [6.07, 6.45) is 3.88. The van der Waals surface area contributed by atoms with Gasteiger partial charge in [-0.25, -0.2) is 4.39 Å². The first kappa shape index (κ1) is 10.1. The fourth-order valence-electron chi connectivity index (χ4n) is 1.83. The molecule has 0 aliphatic heterocycles. The molecule has 0 bridgehead atoms. The normalized spacial score (nSPS) is 17.5. The number of hydrogen-bond donors (Lipinski definition) is 1. The lowest BCUT2D eigenvalue weighted by Crippen LogP contribution is -2.18. The van der Waals surface area contributed by atoms with Crippen LogP contribution >= 0.6 is 0 Å². The third-order valence-corrected chi connectivity index (χ3v) is 2.93. The first-order chi connectivity index (χ1) is 7.15. The molecule has 80 valence electrons. The highest BCUT2D eigenvalue weighted by atomic mass is 19.1. The highest BCUT2D eigenvalue weighted by Crippen LogP contribution is 2.41. The second kappa shape index (κ2) is 3.61. The number of halogens is 1. The molecule has 1 aromatic heterocycles. The van der Waals surface area contributed by atoms with Crippen LogP contribution in [0.25, 0.3) is 0 Å². The highest BCUT2D eigenvalue weighted by Gasteiger charge is 2.33. The van der Waals surface area contributed by atoms with Gasteiger partial charge in [0.1, 0.15) is 6.29 Å². The van der Waals surface area contributed by atoms with Gasteiger partial charge in [-0.05, 0) is 25.7 Å². The second-order valence-corrected chi connectivity index (χ2v) is 4.00. The first-order valence-electron chi connectivity index (χ1n) is 4.98. The number of hydrogen-bond acceptors (Lipinski definition) is 2. The van der Waals surface area contributed by atoms with Crippen LogP contribution in [0, 0.1) is 18.7 Å². The van der Waals surface area contributed by atoms with Crippen LogP contribution in [0.15, 0.2) is 11.0 Å². The Morgan fingerprint density at radius 3 is 2.80 bits per heavy atom. The van der Waals surface area contributed by atoms with Crippen molar-refractivity contribution in [1.82, 2.24) is 4.98 Å². The molecule has 1 aliphatic carbocycles. The van der Waals surface area contributed by atoms with Crippen molar-refractivity contribution < 1.29 is 9.18 Å². The number of H-pyrrole nitrogens is 1. The van der Waals surface area contributed by atoms with Gasteiger partial charge in [0.25, 0.3) is 0 Å². The molecule has 2 rings (SSSR count).